The molecule has 0 bridgehead atoms. The molecule has 1 amide bonds. The molecule has 2 aromatic carbocycles. The van der Waals surface area contributed by atoms with Crippen molar-refractivity contribution in [1.29, 1.82) is 0 Å². The number of aromatic nitrogens is 1. The zero-order chi connectivity index (χ0) is 20.2. The van der Waals surface area contributed by atoms with E-state index in [0.29, 0.717) is 23.6 Å². The standard InChI is InChI=1S/C24H20N2O3/c1-29-16-19-20-14-8-9-15-26(20)22(21(19)17-10-4-2-5-11-17)23(27)24(28)25-18-12-6-3-7-13-18/h2-15H,16H2,1H3,(H,25,28). The van der Waals surface area contributed by atoms with Gasteiger partial charge in [-0.3, -0.25) is 9.59 Å². The number of benzene rings is 2. The number of pyridine rings is 1. The molecule has 5 heteroatoms. The quantitative estimate of drug-likeness (QED) is 0.391. The average Bonchev–Trinajstić information content (AvgIpc) is 3.09. The highest BCUT2D eigenvalue weighted by molar-refractivity contribution is 6.47. The van der Waals surface area contributed by atoms with Crippen LogP contribution in [0.15, 0.2) is 85.1 Å². The van der Waals surface area contributed by atoms with E-state index in [4.69, 9.17) is 4.74 Å². The van der Waals surface area contributed by atoms with Crippen LogP contribution in [0.5, 0.6) is 0 Å². The van der Waals surface area contributed by atoms with E-state index in [0.717, 1.165) is 16.6 Å². The number of hydrogen-bond acceptors (Lipinski definition) is 3. The molecule has 0 spiro atoms. The van der Waals surface area contributed by atoms with Crippen molar-refractivity contribution >= 4 is 22.9 Å². The zero-order valence-electron chi connectivity index (χ0n) is 16.0. The first-order valence-electron chi connectivity index (χ1n) is 9.27. The number of ketones is 1. The van der Waals surface area contributed by atoms with E-state index >= 15 is 0 Å². The Hall–Kier alpha value is -3.70. The maximum Gasteiger partial charge on any atom is 0.298 e. The fourth-order valence-corrected chi connectivity index (χ4v) is 3.52. The molecule has 2 aromatic heterocycles. The molecule has 0 aliphatic carbocycles. The number of para-hydroxylation sites is 1. The largest absolute Gasteiger partial charge is 0.380 e. The number of Topliss-reactive ketones (excluding diaryl/α,β-unsaturated/α-hetero) is 1. The van der Waals surface area contributed by atoms with Crippen LogP contribution in [-0.2, 0) is 16.1 Å². The molecule has 0 atom stereocenters. The van der Waals surface area contributed by atoms with Crippen molar-refractivity contribution < 1.29 is 14.3 Å². The van der Waals surface area contributed by atoms with Gasteiger partial charge in [0.05, 0.1) is 12.1 Å². The number of fused-ring (bicyclic) bond motifs is 1. The van der Waals surface area contributed by atoms with Crippen LogP contribution >= 0.6 is 0 Å². The Bertz CT molecular complexity index is 1160. The Labute approximate surface area is 168 Å². The van der Waals surface area contributed by atoms with Gasteiger partial charge in [0, 0.05) is 30.1 Å². The lowest BCUT2D eigenvalue weighted by Gasteiger charge is -2.09. The molecule has 5 nitrogen and oxygen atoms in total. The summed E-state index contributed by atoms with van der Waals surface area (Å²) in [5, 5.41) is 2.69. The lowest BCUT2D eigenvalue weighted by Crippen LogP contribution is -2.24. The summed E-state index contributed by atoms with van der Waals surface area (Å²) >= 11 is 0. The minimum absolute atomic E-state index is 0.325. The summed E-state index contributed by atoms with van der Waals surface area (Å²) in [6.07, 6.45) is 1.80. The van der Waals surface area contributed by atoms with E-state index in [2.05, 4.69) is 5.32 Å². The van der Waals surface area contributed by atoms with Gasteiger partial charge in [-0.15, -0.1) is 0 Å². The first-order chi connectivity index (χ1) is 14.2. The molecule has 4 aromatic rings. The summed E-state index contributed by atoms with van der Waals surface area (Å²) in [5.74, 6) is -1.28. The Morgan fingerprint density at radius 3 is 2.24 bits per heavy atom. The SMILES string of the molecule is COCc1c(-c2ccccc2)c(C(=O)C(=O)Nc2ccccc2)n2ccccc12. The van der Waals surface area contributed by atoms with Crippen molar-refractivity contribution in [3.05, 3.63) is 96.3 Å². The fraction of sp³-hybridized carbons (Fsp3) is 0.0833. The van der Waals surface area contributed by atoms with E-state index in [-0.39, 0.29) is 0 Å². The number of rotatable bonds is 6. The van der Waals surface area contributed by atoms with Crippen molar-refractivity contribution in [2.24, 2.45) is 0 Å². The minimum atomic E-state index is -0.680. The number of anilines is 1. The van der Waals surface area contributed by atoms with E-state index in [1.54, 1.807) is 42.0 Å². The second-order valence-electron chi connectivity index (χ2n) is 6.61. The summed E-state index contributed by atoms with van der Waals surface area (Å²) in [6.45, 7) is 0.325. The van der Waals surface area contributed by atoms with E-state index in [9.17, 15) is 9.59 Å². The topological polar surface area (TPSA) is 59.8 Å². The fourth-order valence-electron chi connectivity index (χ4n) is 3.52. The van der Waals surface area contributed by atoms with Crippen LogP contribution in [0.4, 0.5) is 5.69 Å². The van der Waals surface area contributed by atoms with Gasteiger partial charge in [0.2, 0.25) is 0 Å². The molecule has 0 saturated heterocycles. The van der Waals surface area contributed by atoms with E-state index in [1.165, 1.54) is 0 Å². The summed E-state index contributed by atoms with van der Waals surface area (Å²) in [4.78, 5) is 26.1. The van der Waals surface area contributed by atoms with Crippen molar-refractivity contribution in [1.82, 2.24) is 4.40 Å². The monoisotopic (exact) mass is 384 g/mol. The smallest absolute Gasteiger partial charge is 0.298 e. The highest BCUT2D eigenvalue weighted by atomic mass is 16.5. The normalized spacial score (nSPS) is 10.8. The molecule has 2 heterocycles. The molecule has 0 fully saturated rings. The molecule has 1 N–H and O–H groups in total. The molecule has 0 unspecified atom stereocenters. The third-order valence-electron chi connectivity index (χ3n) is 4.75. The van der Waals surface area contributed by atoms with Gasteiger partial charge in [-0.2, -0.15) is 0 Å². The van der Waals surface area contributed by atoms with Gasteiger partial charge in [0.25, 0.3) is 11.7 Å². The zero-order valence-corrected chi connectivity index (χ0v) is 16.0. The number of carbonyl (C=O) groups excluding carboxylic acids is 2. The van der Waals surface area contributed by atoms with Crippen LogP contribution in [0.25, 0.3) is 16.6 Å². The maximum absolute atomic E-state index is 13.3. The van der Waals surface area contributed by atoms with Crippen LogP contribution in [0.2, 0.25) is 0 Å². The summed E-state index contributed by atoms with van der Waals surface area (Å²) in [6, 6.07) is 24.2. The first-order valence-corrected chi connectivity index (χ1v) is 9.27. The van der Waals surface area contributed by atoms with Gasteiger partial charge >= 0.3 is 0 Å². The number of methoxy groups -OCH3 is 1. The van der Waals surface area contributed by atoms with Crippen molar-refractivity contribution in [3.8, 4) is 11.1 Å². The van der Waals surface area contributed by atoms with Crippen molar-refractivity contribution in [2.45, 2.75) is 6.61 Å². The molecule has 0 aliphatic heterocycles. The van der Waals surface area contributed by atoms with Gasteiger partial charge in [-0.1, -0.05) is 54.6 Å². The summed E-state index contributed by atoms with van der Waals surface area (Å²) in [5.41, 5.74) is 4.18. The second-order valence-corrected chi connectivity index (χ2v) is 6.61. The number of ether oxygens (including phenoxy) is 1. The number of hydrogen-bond donors (Lipinski definition) is 1. The average molecular weight is 384 g/mol. The van der Waals surface area contributed by atoms with Gasteiger partial charge < -0.3 is 14.5 Å². The van der Waals surface area contributed by atoms with E-state index in [1.807, 2.05) is 54.6 Å². The van der Waals surface area contributed by atoms with Gasteiger partial charge in [0.15, 0.2) is 0 Å². The predicted octanol–water partition coefficient (Wildman–Crippen LogP) is 4.57. The van der Waals surface area contributed by atoms with Gasteiger partial charge in [-0.25, -0.2) is 0 Å². The number of carbonyl (C=O) groups is 2. The van der Waals surface area contributed by atoms with Crippen molar-refractivity contribution in [3.63, 3.8) is 0 Å². The van der Waals surface area contributed by atoms with E-state index < -0.39 is 11.7 Å². The Kier molecular flexibility index (Phi) is 5.22. The lowest BCUT2D eigenvalue weighted by atomic mass is 9.99. The molecular formula is C24H20N2O3. The third kappa shape index (κ3) is 3.56. The maximum atomic E-state index is 13.3. The second kappa shape index (κ2) is 8.12. The molecule has 29 heavy (non-hydrogen) atoms. The molecule has 0 aliphatic rings. The Morgan fingerprint density at radius 1 is 0.897 bits per heavy atom. The number of amides is 1. The summed E-state index contributed by atoms with van der Waals surface area (Å²) < 4.78 is 7.19. The molecule has 0 saturated carbocycles. The first kappa shape index (κ1) is 18.7. The third-order valence-corrected chi connectivity index (χ3v) is 4.75. The molecule has 0 radical (unpaired) electrons. The molecule has 4 rings (SSSR count). The van der Waals surface area contributed by atoms with Gasteiger partial charge in [-0.05, 0) is 29.8 Å². The van der Waals surface area contributed by atoms with Crippen molar-refractivity contribution in [2.75, 3.05) is 12.4 Å². The van der Waals surface area contributed by atoms with Crippen LogP contribution < -0.4 is 5.32 Å². The van der Waals surface area contributed by atoms with Gasteiger partial charge in [0.1, 0.15) is 5.69 Å². The van der Waals surface area contributed by atoms with Crippen LogP contribution in [0.1, 0.15) is 16.1 Å². The molecule has 144 valence electrons. The number of nitrogens with one attached hydrogen (secondary N) is 1. The van der Waals surface area contributed by atoms with Crippen LogP contribution in [-0.4, -0.2) is 23.2 Å². The van der Waals surface area contributed by atoms with Crippen LogP contribution in [0, 0.1) is 0 Å². The highest BCUT2D eigenvalue weighted by Crippen LogP contribution is 2.34. The highest BCUT2D eigenvalue weighted by Gasteiger charge is 2.28. The predicted molar refractivity (Wildman–Crippen MR) is 113 cm³/mol. The number of nitrogens with zero attached hydrogens (tertiary/aromatic N) is 1. The minimum Gasteiger partial charge on any atom is -0.380 e. The lowest BCUT2D eigenvalue weighted by molar-refractivity contribution is -0.112. The molecular weight excluding hydrogens is 364 g/mol. The summed E-state index contributed by atoms with van der Waals surface area (Å²) in [7, 11) is 1.62. The Morgan fingerprint density at radius 2 is 1.55 bits per heavy atom. The Balaban J connectivity index is 1.88. The van der Waals surface area contributed by atoms with Crippen LogP contribution in [0.3, 0.4) is 0 Å².